The molecule has 0 atom stereocenters. The summed E-state index contributed by atoms with van der Waals surface area (Å²) in [4.78, 5) is 10.2. The van der Waals surface area contributed by atoms with Crippen molar-refractivity contribution in [3.05, 3.63) is 28.5 Å². The Bertz CT molecular complexity index is 635. The van der Waals surface area contributed by atoms with Crippen molar-refractivity contribution in [2.75, 3.05) is 26.8 Å². The van der Waals surface area contributed by atoms with Crippen molar-refractivity contribution in [2.24, 2.45) is 0 Å². The van der Waals surface area contributed by atoms with E-state index in [0.717, 1.165) is 16.4 Å². The molecule has 118 valence electrons. The molecule has 1 N–H and O–H groups in total. The first kappa shape index (κ1) is 17.8. The number of benzene rings is 1. The van der Waals surface area contributed by atoms with Crippen molar-refractivity contribution >= 4 is 27.6 Å². The van der Waals surface area contributed by atoms with Gasteiger partial charge in [0.1, 0.15) is 4.90 Å². The molecule has 1 aromatic rings. The van der Waals surface area contributed by atoms with Crippen LogP contribution in [0, 0.1) is 5.82 Å². The molecule has 0 saturated heterocycles. The maximum Gasteiger partial charge on any atom is 0.338 e. The highest BCUT2D eigenvalue weighted by molar-refractivity contribution is 7.89. The Kier molecular flexibility index (Phi) is 6.09. The number of hydrogen-bond donors (Lipinski definition) is 1. The van der Waals surface area contributed by atoms with E-state index in [9.17, 15) is 17.6 Å². The summed E-state index contributed by atoms with van der Waals surface area (Å²) in [6.45, 7) is 1.80. The second-order valence-electron chi connectivity index (χ2n) is 4.06. The second kappa shape index (κ2) is 7.17. The SMILES string of the molecule is CCN(CCOC)S(=O)(=O)c1cc(Cl)cc(C(=O)O)c1F. The largest absolute Gasteiger partial charge is 0.478 e. The molecule has 0 aliphatic carbocycles. The Labute approximate surface area is 127 Å². The van der Waals surface area contributed by atoms with Crippen LogP contribution in [-0.2, 0) is 14.8 Å². The normalized spacial score (nSPS) is 11.9. The fourth-order valence-corrected chi connectivity index (χ4v) is 3.52. The van der Waals surface area contributed by atoms with E-state index in [2.05, 4.69) is 0 Å². The molecule has 1 rings (SSSR count). The van der Waals surface area contributed by atoms with Crippen LogP contribution >= 0.6 is 11.6 Å². The van der Waals surface area contributed by atoms with E-state index in [-0.39, 0.29) is 24.7 Å². The number of hydrogen-bond acceptors (Lipinski definition) is 4. The van der Waals surface area contributed by atoms with Gasteiger partial charge in [0.05, 0.1) is 12.2 Å². The van der Waals surface area contributed by atoms with Gasteiger partial charge in [0.15, 0.2) is 5.82 Å². The van der Waals surface area contributed by atoms with Gasteiger partial charge < -0.3 is 9.84 Å². The monoisotopic (exact) mass is 339 g/mol. The molecule has 21 heavy (non-hydrogen) atoms. The Balaban J connectivity index is 3.40. The number of aromatic carboxylic acids is 1. The van der Waals surface area contributed by atoms with Gasteiger partial charge in [-0.25, -0.2) is 17.6 Å². The summed E-state index contributed by atoms with van der Waals surface area (Å²) >= 11 is 5.69. The number of likely N-dealkylation sites (N-methyl/N-ethyl adjacent to an activating group) is 1. The average Bonchev–Trinajstić information content (AvgIpc) is 2.41. The third kappa shape index (κ3) is 3.91. The first-order chi connectivity index (χ1) is 9.75. The molecule has 0 fully saturated rings. The van der Waals surface area contributed by atoms with Crippen molar-refractivity contribution < 1.29 is 27.4 Å². The standard InChI is InChI=1S/C12H15ClFNO5S/c1-3-15(4-5-20-2)21(18,19)10-7-8(13)6-9(11(10)14)12(16)17/h6-7H,3-5H2,1-2H3,(H,16,17). The number of carboxylic acids is 1. The summed E-state index contributed by atoms with van der Waals surface area (Å²) in [5, 5.41) is 8.72. The highest BCUT2D eigenvalue weighted by Gasteiger charge is 2.29. The van der Waals surface area contributed by atoms with Gasteiger partial charge >= 0.3 is 5.97 Å². The maximum absolute atomic E-state index is 14.1. The van der Waals surface area contributed by atoms with Gasteiger partial charge in [-0.2, -0.15) is 4.31 Å². The van der Waals surface area contributed by atoms with E-state index in [1.54, 1.807) is 6.92 Å². The van der Waals surface area contributed by atoms with E-state index >= 15 is 0 Å². The lowest BCUT2D eigenvalue weighted by molar-refractivity contribution is 0.0691. The van der Waals surface area contributed by atoms with Crippen LogP contribution in [0.4, 0.5) is 4.39 Å². The third-order valence-corrected chi connectivity index (χ3v) is 4.94. The van der Waals surface area contributed by atoms with Crippen LogP contribution in [-0.4, -0.2) is 50.6 Å². The number of methoxy groups -OCH3 is 1. The zero-order chi connectivity index (χ0) is 16.2. The predicted molar refractivity (Wildman–Crippen MR) is 74.7 cm³/mol. The molecule has 0 bridgehead atoms. The van der Waals surface area contributed by atoms with Crippen molar-refractivity contribution in [3.8, 4) is 0 Å². The first-order valence-corrected chi connectivity index (χ1v) is 7.78. The first-order valence-electron chi connectivity index (χ1n) is 5.97. The summed E-state index contributed by atoms with van der Waals surface area (Å²) in [6.07, 6.45) is 0. The van der Waals surface area contributed by atoms with Gasteiger partial charge in [0.25, 0.3) is 0 Å². The third-order valence-electron chi connectivity index (χ3n) is 2.75. The zero-order valence-corrected chi connectivity index (χ0v) is 13.0. The summed E-state index contributed by atoms with van der Waals surface area (Å²) in [7, 11) is -2.80. The summed E-state index contributed by atoms with van der Waals surface area (Å²) in [6, 6.07) is 1.76. The minimum Gasteiger partial charge on any atom is -0.478 e. The Morgan fingerprint density at radius 1 is 1.48 bits per heavy atom. The van der Waals surface area contributed by atoms with Crippen LogP contribution in [0.15, 0.2) is 17.0 Å². The predicted octanol–water partition coefficient (Wildman–Crippen LogP) is 1.83. The molecule has 9 heteroatoms. The van der Waals surface area contributed by atoms with Crippen molar-refractivity contribution in [1.82, 2.24) is 4.31 Å². The highest BCUT2D eigenvalue weighted by Crippen LogP contribution is 2.26. The van der Waals surface area contributed by atoms with Crippen LogP contribution < -0.4 is 0 Å². The van der Waals surface area contributed by atoms with Crippen molar-refractivity contribution in [1.29, 1.82) is 0 Å². The number of sulfonamides is 1. The van der Waals surface area contributed by atoms with Crippen LogP contribution in [0.1, 0.15) is 17.3 Å². The van der Waals surface area contributed by atoms with Crippen LogP contribution in [0.25, 0.3) is 0 Å². The van der Waals surface area contributed by atoms with E-state index in [1.807, 2.05) is 0 Å². The van der Waals surface area contributed by atoms with E-state index < -0.39 is 32.3 Å². The second-order valence-corrected chi connectivity index (χ2v) is 6.40. The number of ether oxygens (including phenoxy) is 1. The molecule has 0 radical (unpaired) electrons. The lowest BCUT2D eigenvalue weighted by Crippen LogP contribution is -2.34. The fourth-order valence-electron chi connectivity index (χ4n) is 1.69. The molecule has 6 nitrogen and oxygen atoms in total. The maximum atomic E-state index is 14.1. The van der Waals surface area contributed by atoms with Gasteiger partial charge in [0, 0.05) is 25.2 Å². The molecule has 0 heterocycles. The smallest absolute Gasteiger partial charge is 0.338 e. The molecule has 0 amide bonds. The molecule has 0 aromatic heterocycles. The van der Waals surface area contributed by atoms with E-state index in [0.29, 0.717) is 0 Å². The molecule has 0 aliphatic heterocycles. The molecule has 0 unspecified atom stereocenters. The highest BCUT2D eigenvalue weighted by atomic mass is 35.5. The average molecular weight is 340 g/mol. The molecule has 0 saturated carbocycles. The molecular weight excluding hydrogens is 325 g/mol. The quantitative estimate of drug-likeness (QED) is 0.819. The number of carboxylic acid groups (broad SMARTS) is 1. The minimum absolute atomic E-state index is 0.0176. The van der Waals surface area contributed by atoms with Gasteiger partial charge in [-0.15, -0.1) is 0 Å². The molecule has 0 spiro atoms. The topological polar surface area (TPSA) is 83.9 Å². The Morgan fingerprint density at radius 2 is 2.10 bits per heavy atom. The molecule has 1 aromatic carbocycles. The van der Waals surface area contributed by atoms with Gasteiger partial charge in [-0.1, -0.05) is 18.5 Å². The Morgan fingerprint density at radius 3 is 2.57 bits per heavy atom. The number of rotatable bonds is 7. The minimum atomic E-state index is -4.20. The fraction of sp³-hybridized carbons (Fsp3) is 0.417. The van der Waals surface area contributed by atoms with Gasteiger partial charge in [0.2, 0.25) is 10.0 Å². The number of nitrogens with zero attached hydrogens (tertiary/aromatic N) is 1. The number of carbonyl (C=O) groups is 1. The van der Waals surface area contributed by atoms with Crippen LogP contribution in [0.2, 0.25) is 5.02 Å². The van der Waals surface area contributed by atoms with Crippen molar-refractivity contribution in [2.45, 2.75) is 11.8 Å². The summed E-state index contributed by atoms with van der Waals surface area (Å²) < 4.78 is 44.7. The zero-order valence-electron chi connectivity index (χ0n) is 11.5. The Hall–Kier alpha value is -1.22. The lowest BCUT2D eigenvalue weighted by atomic mass is 10.2. The molecule has 0 aliphatic rings. The van der Waals surface area contributed by atoms with Crippen LogP contribution in [0.3, 0.4) is 0 Å². The van der Waals surface area contributed by atoms with Gasteiger partial charge in [-0.3, -0.25) is 0 Å². The summed E-state index contributed by atoms with van der Waals surface area (Å²) in [5.41, 5.74) is -0.788. The molecular formula is C12H15ClFNO5S. The van der Waals surface area contributed by atoms with E-state index in [1.165, 1.54) is 7.11 Å². The van der Waals surface area contributed by atoms with Crippen molar-refractivity contribution in [3.63, 3.8) is 0 Å². The number of halogens is 2. The summed E-state index contributed by atoms with van der Waals surface area (Å²) in [5.74, 6) is -2.92. The lowest BCUT2D eigenvalue weighted by Gasteiger charge is -2.20. The van der Waals surface area contributed by atoms with Crippen LogP contribution in [0.5, 0.6) is 0 Å². The van der Waals surface area contributed by atoms with Gasteiger partial charge in [-0.05, 0) is 12.1 Å². The van der Waals surface area contributed by atoms with E-state index in [4.69, 9.17) is 21.4 Å².